The molecule has 0 aliphatic carbocycles. The molecule has 0 aromatic heterocycles. The Kier molecular flexibility index (Phi) is 3.25. The third-order valence-corrected chi connectivity index (χ3v) is 4.60. The summed E-state index contributed by atoms with van der Waals surface area (Å²) >= 11 is 0. The SMILES string of the molecule is NCC1(C2(O)CCCOC2)COc2ccccc2C1. The number of hydrogen-bond donors (Lipinski definition) is 2. The minimum atomic E-state index is -0.881. The summed E-state index contributed by atoms with van der Waals surface area (Å²) in [5.74, 6) is 0.909. The van der Waals surface area contributed by atoms with Gasteiger partial charge in [-0.2, -0.15) is 0 Å². The highest BCUT2D eigenvalue weighted by Gasteiger charge is 2.52. The van der Waals surface area contributed by atoms with E-state index in [9.17, 15) is 5.11 Å². The second-order valence-electron chi connectivity index (χ2n) is 5.75. The van der Waals surface area contributed by atoms with Crippen LogP contribution in [0.15, 0.2) is 24.3 Å². The van der Waals surface area contributed by atoms with Crippen LogP contribution in [0, 0.1) is 5.41 Å². The monoisotopic (exact) mass is 263 g/mol. The molecule has 0 saturated carbocycles. The van der Waals surface area contributed by atoms with E-state index < -0.39 is 11.0 Å². The Labute approximate surface area is 113 Å². The van der Waals surface area contributed by atoms with E-state index in [0.29, 0.717) is 19.8 Å². The van der Waals surface area contributed by atoms with E-state index in [4.69, 9.17) is 15.2 Å². The van der Waals surface area contributed by atoms with Gasteiger partial charge in [-0.05, 0) is 30.9 Å². The fraction of sp³-hybridized carbons (Fsp3) is 0.600. The Morgan fingerprint density at radius 3 is 2.84 bits per heavy atom. The number of ether oxygens (including phenoxy) is 2. The smallest absolute Gasteiger partial charge is 0.122 e. The van der Waals surface area contributed by atoms with Crippen molar-refractivity contribution in [1.82, 2.24) is 0 Å². The maximum atomic E-state index is 11.0. The molecular formula is C15H21NO3. The number of rotatable bonds is 2. The second kappa shape index (κ2) is 4.78. The van der Waals surface area contributed by atoms with Crippen molar-refractivity contribution >= 4 is 0 Å². The van der Waals surface area contributed by atoms with E-state index in [1.54, 1.807) is 0 Å². The number of hydrogen-bond acceptors (Lipinski definition) is 4. The lowest BCUT2D eigenvalue weighted by Gasteiger charge is -2.50. The van der Waals surface area contributed by atoms with Crippen LogP contribution in [0.3, 0.4) is 0 Å². The molecule has 2 atom stereocenters. The van der Waals surface area contributed by atoms with Gasteiger partial charge in [-0.3, -0.25) is 0 Å². The Morgan fingerprint density at radius 1 is 1.26 bits per heavy atom. The van der Waals surface area contributed by atoms with Gasteiger partial charge in [0.05, 0.1) is 24.2 Å². The molecule has 1 aromatic rings. The highest BCUT2D eigenvalue weighted by atomic mass is 16.5. The summed E-state index contributed by atoms with van der Waals surface area (Å²) in [6, 6.07) is 7.98. The quantitative estimate of drug-likeness (QED) is 0.839. The summed E-state index contributed by atoms with van der Waals surface area (Å²) in [6.07, 6.45) is 2.36. The minimum Gasteiger partial charge on any atom is -0.493 e. The first-order chi connectivity index (χ1) is 9.19. The Balaban J connectivity index is 1.93. The van der Waals surface area contributed by atoms with Gasteiger partial charge in [0.15, 0.2) is 0 Å². The van der Waals surface area contributed by atoms with Crippen LogP contribution in [0.25, 0.3) is 0 Å². The largest absolute Gasteiger partial charge is 0.493 e. The molecule has 0 bridgehead atoms. The van der Waals surface area contributed by atoms with Crippen LogP contribution < -0.4 is 10.5 Å². The molecule has 0 amide bonds. The molecule has 3 N–H and O–H groups in total. The van der Waals surface area contributed by atoms with Crippen LogP contribution in [0.2, 0.25) is 0 Å². The molecule has 0 radical (unpaired) electrons. The van der Waals surface area contributed by atoms with Crippen molar-refractivity contribution in [3.8, 4) is 5.75 Å². The molecule has 1 aromatic carbocycles. The van der Waals surface area contributed by atoms with Crippen LogP contribution in [0.5, 0.6) is 5.75 Å². The maximum Gasteiger partial charge on any atom is 0.122 e. The maximum absolute atomic E-state index is 11.0. The lowest BCUT2D eigenvalue weighted by atomic mass is 9.65. The first-order valence-corrected chi connectivity index (χ1v) is 6.90. The average Bonchev–Trinajstić information content (AvgIpc) is 2.47. The van der Waals surface area contributed by atoms with Crippen LogP contribution in [-0.4, -0.2) is 37.1 Å². The van der Waals surface area contributed by atoms with E-state index in [2.05, 4.69) is 0 Å². The van der Waals surface area contributed by atoms with Crippen LogP contribution in [-0.2, 0) is 11.2 Å². The first-order valence-electron chi connectivity index (χ1n) is 6.90. The summed E-state index contributed by atoms with van der Waals surface area (Å²) in [6.45, 7) is 1.94. The average molecular weight is 263 g/mol. The Hall–Kier alpha value is -1.10. The van der Waals surface area contributed by atoms with E-state index in [1.807, 2.05) is 24.3 Å². The molecule has 2 heterocycles. The molecule has 2 aliphatic rings. The molecule has 4 heteroatoms. The number of fused-ring (bicyclic) bond motifs is 1. The highest BCUT2D eigenvalue weighted by molar-refractivity contribution is 5.37. The minimum absolute atomic E-state index is 0.357. The van der Waals surface area contributed by atoms with Gasteiger partial charge in [0.2, 0.25) is 0 Å². The predicted octanol–water partition coefficient (Wildman–Crippen LogP) is 1.11. The third kappa shape index (κ3) is 2.04. The fourth-order valence-corrected chi connectivity index (χ4v) is 3.24. The van der Waals surface area contributed by atoms with E-state index >= 15 is 0 Å². The van der Waals surface area contributed by atoms with Gasteiger partial charge >= 0.3 is 0 Å². The summed E-state index contributed by atoms with van der Waals surface area (Å²) < 4.78 is 11.3. The van der Waals surface area contributed by atoms with Gasteiger partial charge in [-0.15, -0.1) is 0 Å². The van der Waals surface area contributed by atoms with Crippen molar-refractivity contribution in [2.45, 2.75) is 24.9 Å². The van der Waals surface area contributed by atoms with Gasteiger partial charge in [-0.1, -0.05) is 18.2 Å². The van der Waals surface area contributed by atoms with Gasteiger partial charge in [0.25, 0.3) is 0 Å². The number of para-hydroxylation sites is 1. The molecule has 19 heavy (non-hydrogen) atoms. The van der Waals surface area contributed by atoms with Crippen molar-refractivity contribution in [2.75, 3.05) is 26.4 Å². The van der Waals surface area contributed by atoms with Crippen molar-refractivity contribution < 1.29 is 14.6 Å². The zero-order chi connectivity index (χ0) is 13.3. The molecule has 4 nitrogen and oxygen atoms in total. The molecule has 1 fully saturated rings. The van der Waals surface area contributed by atoms with Crippen molar-refractivity contribution in [1.29, 1.82) is 0 Å². The zero-order valence-corrected chi connectivity index (χ0v) is 11.1. The van der Waals surface area contributed by atoms with Crippen molar-refractivity contribution in [2.24, 2.45) is 11.1 Å². The number of aliphatic hydroxyl groups is 1. The van der Waals surface area contributed by atoms with Crippen LogP contribution in [0.1, 0.15) is 18.4 Å². The summed E-state index contributed by atoms with van der Waals surface area (Å²) in [4.78, 5) is 0. The van der Waals surface area contributed by atoms with E-state index in [1.165, 1.54) is 0 Å². The first kappa shape index (κ1) is 12.9. The number of nitrogens with two attached hydrogens (primary N) is 1. The van der Waals surface area contributed by atoms with E-state index in [-0.39, 0.29) is 0 Å². The molecule has 104 valence electrons. The van der Waals surface area contributed by atoms with Crippen molar-refractivity contribution in [3.05, 3.63) is 29.8 Å². The Bertz CT molecular complexity index is 456. The predicted molar refractivity (Wildman–Crippen MR) is 72.1 cm³/mol. The van der Waals surface area contributed by atoms with Gasteiger partial charge in [0, 0.05) is 13.2 Å². The molecule has 1 saturated heterocycles. The van der Waals surface area contributed by atoms with Crippen molar-refractivity contribution in [3.63, 3.8) is 0 Å². The Morgan fingerprint density at radius 2 is 2.11 bits per heavy atom. The lowest BCUT2D eigenvalue weighted by Crippen LogP contribution is -2.61. The second-order valence-corrected chi connectivity index (χ2v) is 5.75. The molecule has 2 unspecified atom stereocenters. The normalized spacial score (nSPS) is 34.4. The van der Waals surface area contributed by atoms with E-state index in [0.717, 1.165) is 37.2 Å². The summed E-state index contributed by atoms with van der Waals surface area (Å²) in [7, 11) is 0. The zero-order valence-electron chi connectivity index (χ0n) is 11.1. The fourth-order valence-electron chi connectivity index (χ4n) is 3.24. The third-order valence-electron chi connectivity index (χ3n) is 4.60. The van der Waals surface area contributed by atoms with Crippen LogP contribution >= 0.6 is 0 Å². The highest BCUT2D eigenvalue weighted by Crippen LogP contribution is 2.44. The molecule has 2 aliphatic heterocycles. The van der Waals surface area contributed by atoms with Gasteiger partial charge in [0.1, 0.15) is 5.75 Å². The lowest BCUT2D eigenvalue weighted by molar-refractivity contribution is -0.172. The molecular weight excluding hydrogens is 242 g/mol. The standard InChI is InChI=1S/C15H21NO3/c16-9-14(15(17)6-3-7-18-11-15)8-12-4-1-2-5-13(12)19-10-14/h1-2,4-5,17H,3,6-11,16H2. The van der Waals surface area contributed by atoms with Crippen LogP contribution in [0.4, 0.5) is 0 Å². The summed E-state index contributed by atoms with van der Waals surface area (Å²) in [5, 5.41) is 11.0. The van der Waals surface area contributed by atoms with Gasteiger partial charge in [-0.25, -0.2) is 0 Å². The van der Waals surface area contributed by atoms with Gasteiger partial charge < -0.3 is 20.3 Å². The number of benzene rings is 1. The molecule has 3 rings (SSSR count). The molecule has 0 spiro atoms. The summed E-state index contributed by atoms with van der Waals surface area (Å²) in [5.41, 5.74) is 5.82. The topological polar surface area (TPSA) is 64.7 Å².